The molecule has 1 aliphatic heterocycles. The highest BCUT2D eigenvalue weighted by molar-refractivity contribution is 5.92. The van der Waals surface area contributed by atoms with E-state index in [0.29, 0.717) is 29.6 Å². The number of benzene rings is 1. The molecule has 1 unspecified atom stereocenters. The van der Waals surface area contributed by atoms with Crippen molar-refractivity contribution in [1.29, 1.82) is 0 Å². The van der Waals surface area contributed by atoms with Crippen LogP contribution in [0.15, 0.2) is 18.2 Å². The van der Waals surface area contributed by atoms with Crippen molar-refractivity contribution in [2.45, 2.75) is 31.7 Å². The quantitative estimate of drug-likeness (QED) is 0.847. The van der Waals surface area contributed by atoms with Gasteiger partial charge in [0.15, 0.2) is 0 Å². The Kier molecular flexibility index (Phi) is 7.32. The molecule has 2 rings (SSSR count). The highest BCUT2D eigenvalue weighted by Gasteiger charge is 2.16. The number of amides is 1. The number of rotatable bonds is 6. The maximum absolute atomic E-state index is 12.0. The van der Waals surface area contributed by atoms with E-state index in [0.717, 1.165) is 19.4 Å². The second kappa shape index (κ2) is 8.74. The van der Waals surface area contributed by atoms with Crippen LogP contribution in [0, 0.1) is 0 Å². The summed E-state index contributed by atoms with van der Waals surface area (Å²) in [5.41, 5.74) is 0.649. The van der Waals surface area contributed by atoms with Gasteiger partial charge in [0.05, 0.1) is 19.9 Å². The predicted molar refractivity (Wildman–Crippen MR) is 85.7 cm³/mol. The van der Waals surface area contributed by atoms with Gasteiger partial charge in [0.25, 0.3) is 0 Å². The topological polar surface area (TPSA) is 59.6 Å². The summed E-state index contributed by atoms with van der Waals surface area (Å²) >= 11 is 0. The molecular formula is C15H23ClN2O3. The van der Waals surface area contributed by atoms with E-state index in [1.807, 2.05) is 0 Å². The third-order valence-electron chi connectivity index (χ3n) is 3.56. The molecule has 6 heteroatoms. The minimum atomic E-state index is 0. The summed E-state index contributed by atoms with van der Waals surface area (Å²) in [5, 5.41) is 6.28. The molecule has 0 bridgehead atoms. The maximum Gasteiger partial charge on any atom is 0.224 e. The Balaban J connectivity index is 0.00000220. The zero-order valence-corrected chi connectivity index (χ0v) is 13.3. The van der Waals surface area contributed by atoms with E-state index in [9.17, 15) is 4.79 Å². The Morgan fingerprint density at radius 3 is 2.81 bits per heavy atom. The molecule has 21 heavy (non-hydrogen) atoms. The van der Waals surface area contributed by atoms with Crippen LogP contribution in [0.5, 0.6) is 11.5 Å². The van der Waals surface area contributed by atoms with E-state index < -0.39 is 0 Å². The molecule has 1 heterocycles. The summed E-state index contributed by atoms with van der Waals surface area (Å²) in [7, 11) is 3.18. The fourth-order valence-electron chi connectivity index (χ4n) is 2.43. The first kappa shape index (κ1) is 17.6. The van der Waals surface area contributed by atoms with Gasteiger partial charge in [-0.25, -0.2) is 0 Å². The average molecular weight is 315 g/mol. The molecule has 0 radical (unpaired) electrons. The van der Waals surface area contributed by atoms with Crippen LogP contribution in [0.3, 0.4) is 0 Å². The van der Waals surface area contributed by atoms with Crippen molar-refractivity contribution in [3.05, 3.63) is 18.2 Å². The Bertz CT molecular complexity index is 462. The molecule has 1 amide bonds. The highest BCUT2D eigenvalue weighted by Crippen LogP contribution is 2.29. The lowest BCUT2D eigenvalue weighted by molar-refractivity contribution is -0.116. The molecule has 0 aromatic heterocycles. The summed E-state index contributed by atoms with van der Waals surface area (Å²) in [6.45, 7) is 1.07. The van der Waals surface area contributed by atoms with Crippen molar-refractivity contribution >= 4 is 24.0 Å². The lowest BCUT2D eigenvalue weighted by atomic mass is 10.1. The van der Waals surface area contributed by atoms with Gasteiger partial charge in [-0.05, 0) is 37.9 Å². The van der Waals surface area contributed by atoms with Gasteiger partial charge in [0, 0.05) is 18.5 Å². The third kappa shape index (κ3) is 5.10. The summed E-state index contributed by atoms with van der Waals surface area (Å²) < 4.78 is 10.4. The Labute approximate surface area is 131 Å². The van der Waals surface area contributed by atoms with Crippen molar-refractivity contribution in [3.63, 3.8) is 0 Å². The van der Waals surface area contributed by atoms with Gasteiger partial charge in [-0.2, -0.15) is 0 Å². The van der Waals surface area contributed by atoms with Gasteiger partial charge in [-0.3, -0.25) is 4.79 Å². The fraction of sp³-hybridized carbons (Fsp3) is 0.533. The van der Waals surface area contributed by atoms with E-state index >= 15 is 0 Å². The molecule has 0 saturated carbocycles. The van der Waals surface area contributed by atoms with Crippen molar-refractivity contribution in [2.24, 2.45) is 0 Å². The highest BCUT2D eigenvalue weighted by atomic mass is 35.5. The first-order chi connectivity index (χ1) is 9.72. The van der Waals surface area contributed by atoms with Gasteiger partial charge in [0.1, 0.15) is 11.5 Å². The van der Waals surface area contributed by atoms with Crippen molar-refractivity contribution in [3.8, 4) is 11.5 Å². The number of carbonyl (C=O) groups excluding carboxylic acids is 1. The second-order valence-electron chi connectivity index (χ2n) is 4.95. The molecule has 1 fully saturated rings. The van der Waals surface area contributed by atoms with Crippen molar-refractivity contribution < 1.29 is 14.3 Å². The van der Waals surface area contributed by atoms with Gasteiger partial charge in [0.2, 0.25) is 5.91 Å². The zero-order valence-electron chi connectivity index (χ0n) is 12.5. The first-order valence-corrected chi connectivity index (χ1v) is 6.98. The number of anilines is 1. The number of carbonyl (C=O) groups is 1. The molecule has 5 nitrogen and oxygen atoms in total. The van der Waals surface area contributed by atoms with Crippen LogP contribution in [-0.4, -0.2) is 32.7 Å². The van der Waals surface area contributed by atoms with E-state index in [2.05, 4.69) is 10.6 Å². The smallest absolute Gasteiger partial charge is 0.224 e. The van der Waals surface area contributed by atoms with Crippen molar-refractivity contribution in [2.75, 3.05) is 26.1 Å². The van der Waals surface area contributed by atoms with Gasteiger partial charge in [-0.15, -0.1) is 12.4 Å². The van der Waals surface area contributed by atoms with Crippen LogP contribution in [0.25, 0.3) is 0 Å². The van der Waals surface area contributed by atoms with Crippen LogP contribution in [0.2, 0.25) is 0 Å². The molecule has 1 aromatic rings. The molecule has 1 atom stereocenters. The standard InChI is InChI=1S/C15H22N2O3.ClH/c1-19-12-6-7-14(20-2)13(10-12)17-15(18)8-5-11-4-3-9-16-11;/h6-7,10-11,16H,3-5,8-9H2,1-2H3,(H,17,18);1H. The van der Waals surface area contributed by atoms with Crippen molar-refractivity contribution in [1.82, 2.24) is 5.32 Å². The molecule has 0 aliphatic carbocycles. The predicted octanol–water partition coefficient (Wildman–Crippen LogP) is 2.60. The SMILES string of the molecule is COc1ccc(OC)c(NC(=O)CCC2CCCN2)c1.Cl. The Hall–Kier alpha value is -1.46. The number of hydrogen-bond donors (Lipinski definition) is 2. The summed E-state index contributed by atoms with van der Waals surface area (Å²) in [6, 6.07) is 5.84. The molecule has 1 saturated heterocycles. The normalized spacial score (nSPS) is 17.0. The summed E-state index contributed by atoms with van der Waals surface area (Å²) in [4.78, 5) is 12.0. The van der Waals surface area contributed by atoms with Crippen LogP contribution < -0.4 is 20.1 Å². The largest absolute Gasteiger partial charge is 0.497 e. The second-order valence-corrected chi connectivity index (χ2v) is 4.95. The van der Waals surface area contributed by atoms with Gasteiger partial charge in [-0.1, -0.05) is 0 Å². The fourth-order valence-corrected chi connectivity index (χ4v) is 2.43. The number of hydrogen-bond acceptors (Lipinski definition) is 4. The van der Waals surface area contributed by atoms with E-state index in [4.69, 9.17) is 9.47 Å². The minimum absolute atomic E-state index is 0. The van der Waals surface area contributed by atoms with E-state index in [1.54, 1.807) is 32.4 Å². The Morgan fingerprint density at radius 1 is 1.38 bits per heavy atom. The lowest BCUT2D eigenvalue weighted by Gasteiger charge is -2.13. The number of halogens is 1. The molecule has 1 aromatic carbocycles. The molecule has 118 valence electrons. The zero-order chi connectivity index (χ0) is 14.4. The molecular weight excluding hydrogens is 292 g/mol. The monoisotopic (exact) mass is 314 g/mol. The first-order valence-electron chi connectivity index (χ1n) is 6.98. The number of ether oxygens (including phenoxy) is 2. The van der Waals surface area contributed by atoms with Gasteiger partial charge >= 0.3 is 0 Å². The summed E-state index contributed by atoms with van der Waals surface area (Å²) in [6.07, 6.45) is 3.75. The Morgan fingerprint density at radius 2 is 2.19 bits per heavy atom. The van der Waals surface area contributed by atoms with E-state index in [-0.39, 0.29) is 18.3 Å². The van der Waals surface area contributed by atoms with E-state index in [1.165, 1.54) is 6.42 Å². The van der Waals surface area contributed by atoms with Crippen LogP contribution in [0.4, 0.5) is 5.69 Å². The maximum atomic E-state index is 12.0. The van der Waals surface area contributed by atoms with Gasteiger partial charge < -0.3 is 20.1 Å². The number of methoxy groups -OCH3 is 2. The van der Waals surface area contributed by atoms with Crippen LogP contribution in [-0.2, 0) is 4.79 Å². The van der Waals surface area contributed by atoms with Crippen LogP contribution in [0.1, 0.15) is 25.7 Å². The lowest BCUT2D eigenvalue weighted by Crippen LogP contribution is -2.23. The molecule has 2 N–H and O–H groups in total. The third-order valence-corrected chi connectivity index (χ3v) is 3.56. The summed E-state index contributed by atoms with van der Waals surface area (Å²) in [5.74, 6) is 1.34. The van der Waals surface area contributed by atoms with Crippen LogP contribution >= 0.6 is 12.4 Å². The molecule has 1 aliphatic rings. The average Bonchev–Trinajstić information content (AvgIpc) is 2.98. The number of nitrogens with one attached hydrogen (secondary N) is 2. The minimum Gasteiger partial charge on any atom is -0.497 e. The molecule has 0 spiro atoms.